The van der Waals surface area contributed by atoms with Gasteiger partial charge in [-0.05, 0) is 48.7 Å². The van der Waals surface area contributed by atoms with E-state index in [4.69, 9.17) is 0 Å². The molecule has 0 bridgehead atoms. The van der Waals surface area contributed by atoms with Gasteiger partial charge in [-0.1, -0.05) is 0 Å². The van der Waals surface area contributed by atoms with Gasteiger partial charge in [-0.25, -0.2) is 8.78 Å². The lowest BCUT2D eigenvalue weighted by Gasteiger charge is -2.09. The molecular weight excluding hydrogens is 274 g/mol. The first kappa shape index (κ1) is 13.5. The predicted molar refractivity (Wildman–Crippen MR) is 77.7 cm³/mol. The molecule has 1 aliphatic heterocycles. The lowest BCUT2D eigenvalue weighted by atomic mass is 10.1. The first-order valence-corrected chi connectivity index (χ1v) is 6.68. The van der Waals surface area contributed by atoms with Crippen molar-refractivity contribution in [1.82, 2.24) is 0 Å². The molecule has 0 aliphatic carbocycles. The number of amides is 1. The Morgan fingerprint density at radius 1 is 1.19 bits per heavy atom. The smallest absolute Gasteiger partial charge is 0.258 e. The highest BCUT2D eigenvalue weighted by molar-refractivity contribution is 6.04. The van der Waals surface area contributed by atoms with Gasteiger partial charge in [0.2, 0.25) is 0 Å². The van der Waals surface area contributed by atoms with E-state index < -0.39 is 17.5 Å². The molecule has 2 N–H and O–H groups in total. The molecule has 0 atom stereocenters. The quantitative estimate of drug-likeness (QED) is 0.888. The van der Waals surface area contributed by atoms with Crippen molar-refractivity contribution >= 4 is 17.3 Å². The van der Waals surface area contributed by atoms with Crippen molar-refractivity contribution in [2.45, 2.75) is 13.3 Å². The van der Waals surface area contributed by atoms with E-state index in [1.54, 1.807) is 6.07 Å². The molecule has 21 heavy (non-hydrogen) atoms. The van der Waals surface area contributed by atoms with Crippen LogP contribution in [-0.4, -0.2) is 12.5 Å². The van der Waals surface area contributed by atoms with Gasteiger partial charge in [0.25, 0.3) is 5.91 Å². The maximum Gasteiger partial charge on any atom is 0.258 e. The minimum Gasteiger partial charge on any atom is -0.384 e. The van der Waals surface area contributed by atoms with E-state index in [2.05, 4.69) is 10.6 Å². The Kier molecular flexibility index (Phi) is 3.33. The number of halogens is 2. The molecule has 108 valence electrons. The summed E-state index contributed by atoms with van der Waals surface area (Å²) < 4.78 is 26.9. The van der Waals surface area contributed by atoms with E-state index in [0.717, 1.165) is 30.3 Å². The Labute approximate surface area is 121 Å². The molecule has 1 heterocycles. The van der Waals surface area contributed by atoms with Crippen LogP contribution >= 0.6 is 0 Å². The van der Waals surface area contributed by atoms with Gasteiger partial charge in [0.05, 0.1) is 5.56 Å². The lowest BCUT2D eigenvalue weighted by molar-refractivity contribution is 0.102. The number of carbonyl (C=O) groups excluding carboxylic acids is 1. The first-order valence-electron chi connectivity index (χ1n) is 6.68. The molecule has 2 aromatic rings. The Morgan fingerprint density at radius 2 is 2.00 bits per heavy atom. The molecule has 0 spiro atoms. The number of anilines is 2. The van der Waals surface area contributed by atoms with Gasteiger partial charge >= 0.3 is 0 Å². The number of rotatable bonds is 2. The third-order valence-electron chi connectivity index (χ3n) is 3.57. The normalized spacial score (nSPS) is 12.7. The fourth-order valence-corrected chi connectivity index (χ4v) is 2.41. The number of nitrogens with one attached hydrogen (secondary N) is 2. The Morgan fingerprint density at radius 3 is 2.81 bits per heavy atom. The summed E-state index contributed by atoms with van der Waals surface area (Å²) in [5, 5.41) is 5.87. The molecule has 0 saturated heterocycles. The van der Waals surface area contributed by atoms with Crippen LogP contribution in [0.15, 0.2) is 30.3 Å². The van der Waals surface area contributed by atoms with Crippen LogP contribution in [0.1, 0.15) is 21.5 Å². The first-order chi connectivity index (χ1) is 10.0. The standard InChI is InChI=1S/C16H14F2N2O/c1-9-6-12(14(18)8-13(9)17)16(21)20-11-2-3-15-10(7-11)4-5-19-15/h2-3,6-8,19H,4-5H2,1H3,(H,20,21). The SMILES string of the molecule is Cc1cc(C(=O)Nc2ccc3c(c2)CCN3)c(F)cc1F. The zero-order chi connectivity index (χ0) is 15.0. The van der Waals surface area contributed by atoms with Crippen molar-refractivity contribution in [2.75, 3.05) is 17.2 Å². The highest BCUT2D eigenvalue weighted by Crippen LogP contribution is 2.25. The minimum absolute atomic E-state index is 0.160. The van der Waals surface area contributed by atoms with Gasteiger partial charge < -0.3 is 10.6 Å². The summed E-state index contributed by atoms with van der Waals surface area (Å²) in [4.78, 5) is 12.1. The van der Waals surface area contributed by atoms with Crippen molar-refractivity contribution in [3.8, 4) is 0 Å². The van der Waals surface area contributed by atoms with Gasteiger partial charge in [0.1, 0.15) is 11.6 Å². The lowest BCUT2D eigenvalue weighted by Crippen LogP contribution is -2.14. The third kappa shape index (κ3) is 2.59. The zero-order valence-corrected chi connectivity index (χ0v) is 11.5. The molecule has 0 saturated carbocycles. The van der Waals surface area contributed by atoms with E-state index in [1.165, 1.54) is 13.0 Å². The van der Waals surface area contributed by atoms with Crippen LogP contribution in [0.2, 0.25) is 0 Å². The molecule has 1 aliphatic rings. The second-order valence-corrected chi connectivity index (χ2v) is 5.08. The van der Waals surface area contributed by atoms with Crippen LogP contribution < -0.4 is 10.6 Å². The minimum atomic E-state index is -0.863. The summed E-state index contributed by atoms with van der Waals surface area (Å²) in [6.07, 6.45) is 0.892. The van der Waals surface area contributed by atoms with Crippen molar-refractivity contribution in [2.24, 2.45) is 0 Å². The molecule has 3 nitrogen and oxygen atoms in total. The zero-order valence-electron chi connectivity index (χ0n) is 11.5. The van der Waals surface area contributed by atoms with Crippen molar-refractivity contribution in [1.29, 1.82) is 0 Å². The number of aryl methyl sites for hydroxylation is 1. The molecule has 1 amide bonds. The summed E-state index contributed by atoms with van der Waals surface area (Å²) in [7, 11) is 0. The van der Waals surface area contributed by atoms with Crippen LogP contribution in [0.5, 0.6) is 0 Å². The van der Waals surface area contributed by atoms with Crippen LogP contribution in [0.25, 0.3) is 0 Å². The number of benzene rings is 2. The highest BCUT2D eigenvalue weighted by Gasteiger charge is 2.16. The second kappa shape index (κ2) is 5.16. The number of fused-ring (bicyclic) bond motifs is 1. The Bertz CT molecular complexity index is 728. The monoisotopic (exact) mass is 288 g/mol. The van der Waals surface area contributed by atoms with E-state index in [-0.39, 0.29) is 11.1 Å². The summed E-state index contributed by atoms with van der Waals surface area (Å²) in [6.45, 7) is 2.37. The van der Waals surface area contributed by atoms with Gasteiger partial charge in [0, 0.05) is 24.0 Å². The number of hydrogen-bond donors (Lipinski definition) is 2. The fourth-order valence-electron chi connectivity index (χ4n) is 2.41. The maximum atomic E-state index is 13.7. The average Bonchev–Trinajstić information content (AvgIpc) is 2.90. The molecule has 0 aromatic heterocycles. The van der Waals surface area contributed by atoms with Crippen molar-refractivity contribution in [3.05, 3.63) is 58.7 Å². The van der Waals surface area contributed by atoms with E-state index in [0.29, 0.717) is 5.69 Å². The van der Waals surface area contributed by atoms with Gasteiger partial charge in [-0.2, -0.15) is 0 Å². The third-order valence-corrected chi connectivity index (χ3v) is 3.57. The Hall–Kier alpha value is -2.43. The van der Waals surface area contributed by atoms with Gasteiger partial charge in [-0.3, -0.25) is 4.79 Å². The molecule has 3 rings (SSSR count). The van der Waals surface area contributed by atoms with Crippen molar-refractivity contribution in [3.63, 3.8) is 0 Å². The van der Waals surface area contributed by atoms with Crippen LogP contribution in [0.4, 0.5) is 20.2 Å². The van der Waals surface area contributed by atoms with Crippen LogP contribution in [0.3, 0.4) is 0 Å². The average molecular weight is 288 g/mol. The summed E-state index contributed by atoms with van der Waals surface area (Å²) in [5.74, 6) is -2.10. The molecule has 0 fully saturated rings. The topological polar surface area (TPSA) is 41.1 Å². The van der Waals surface area contributed by atoms with Crippen molar-refractivity contribution < 1.29 is 13.6 Å². The number of hydrogen-bond acceptors (Lipinski definition) is 2. The predicted octanol–water partition coefficient (Wildman–Crippen LogP) is 3.49. The fraction of sp³-hybridized carbons (Fsp3) is 0.188. The number of carbonyl (C=O) groups is 1. The van der Waals surface area contributed by atoms with E-state index >= 15 is 0 Å². The highest BCUT2D eigenvalue weighted by atomic mass is 19.1. The second-order valence-electron chi connectivity index (χ2n) is 5.08. The Balaban J connectivity index is 1.85. The molecular formula is C16H14F2N2O. The summed E-state index contributed by atoms with van der Waals surface area (Å²) in [6, 6.07) is 7.45. The summed E-state index contributed by atoms with van der Waals surface area (Å²) in [5.41, 5.74) is 2.84. The molecule has 0 radical (unpaired) electrons. The van der Waals surface area contributed by atoms with Crippen LogP contribution in [0, 0.1) is 18.6 Å². The van der Waals surface area contributed by atoms with Crippen LogP contribution in [-0.2, 0) is 6.42 Å². The molecule has 2 aromatic carbocycles. The van der Waals surface area contributed by atoms with E-state index in [1.807, 2.05) is 12.1 Å². The van der Waals surface area contributed by atoms with Gasteiger partial charge in [0.15, 0.2) is 0 Å². The maximum absolute atomic E-state index is 13.7. The van der Waals surface area contributed by atoms with E-state index in [9.17, 15) is 13.6 Å². The van der Waals surface area contributed by atoms with Gasteiger partial charge in [-0.15, -0.1) is 0 Å². The summed E-state index contributed by atoms with van der Waals surface area (Å²) >= 11 is 0. The largest absolute Gasteiger partial charge is 0.384 e. The molecule has 5 heteroatoms. The molecule has 0 unspecified atom stereocenters.